The summed E-state index contributed by atoms with van der Waals surface area (Å²) < 4.78 is 0. The monoisotopic (exact) mass is 188 g/mol. The number of rotatable bonds is 7. The summed E-state index contributed by atoms with van der Waals surface area (Å²) in [6, 6.07) is 0. The molecule has 0 aromatic rings. The van der Waals surface area contributed by atoms with Gasteiger partial charge in [0.15, 0.2) is 0 Å². The molecular weight excluding hydrogens is 164 g/mol. The summed E-state index contributed by atoms with van der Waals surface area (Å²) in [6.07, 6.45) is 1.88. The normalized spacial score (nSPS) is 16.2. The number of aliphatic hydroxyl groups is 1. The van der Waals surface area contributed by atoms with E-state index in [1.807, 2.05) is 0 Å². The Kier molecular flexibility index (Phi) is 6.29. The maximum atomic E-state index is 8.65. The van der Waals surface area contributed by atoms with E-state index >= 15 is 0 Å². The van der Waals surface area contributed by atoms with Gasteiger partial charge in [0.2, 0.25) is 0 Å². The molecule has 0 amide bonds. The van der Waals surface area contributed by atoms with Crippen LogP contribution < -0.4 is 11.1 Å². The van der Waals surface area contributed by atoms with Crippen LogP contribution in [0, 0.1) is 5.92 Å². The third-order valence-electron chi connectivity index (χ3n) is 2.20. The molecule has 0 heterocycles. The minimum atomic E-state index is 0.0311. The van der Waals surface area contributed by atoms with Gasteiger partial charge in [0.1, 0.15) is 0 Å². The van der Waals surface area contributed by atoms with Gasteiger partial charge in [-0.15, -0.1) is 0 Å². The predicted molar refractivity (Wildman–Crippen MR) is 56.6 cm³/mol. The molecule has 1 atom stereocenters. The van der Waals surface area contributed by atoms with Crippen molar-refractivity contribution in [3.8, 4) is 0 Å². The maximum absolute atomic E-state index is 8.65. The number of nitrogens with two attached hydrogens (primary N) is 1. The van der Waals surface area contributed by atoms with Crippen LogP contribution in [0.4, 0.5) is 0 Å². The lowest BCUT2D eigenvalue weighted by molar-refractivity contribution is 0.258. The van der Waals surface area contributed by atoms with Gasteiger partial charge in [0, 0.05) is 18.7 Å². The van der Waals surface area contributed by atoms with Gasteiger partial charge in [0.25, 0.3) is 0 Å². The summed E-state index contributed by atoms with van der Waals surface area (Å²) >= 11 is 0. The van der Waals surface area contributed by atoms with Crippen molar-refractivity contribution in [1.82, 2.24) is 5.32 Å². The highest BCUT2D eigenvalue weighted by Crippen LogP contribution is 2.14. The van der Waals surface area contributed by atoms with Gasteiger partial charge < -0.3 is 16.2 Å². The molecular formula is C10H24N2O. The molecule has 0 aliphatic rings. The lowest BCUT2D eigenvalue weighted by Crippen LogP contribution is -2.49. The highest BCUT2D eigenvalue weighted by atomic mass is 16.3. The summed E-state index contributed by atoms with van der Waals surface area (Å²) in [5.74, 6) is 0.648. The zero-order valence-electron chi connectivity index (χ0n) is 9.14. The Bertz CT molecular complexity index is 128. The summed E-state index contributed by atoms with van der Waals surface area (Å²) in [5, 5.41) is 12.0. The Morgan fingerprint density at radius 3 is 2.46 bits per heavy atom. The Morgan fingerprint density at radius 1 is 1.46 bits per heavy atom. The second kappa shape index (κ2) is 6.35. The summed E-state index contributed by atoms with van der Waals surface area (Å²) in [4.78, 5) is 0. The topological polar surface area (TPSA) is 58.3 Å². The molecule has 80 valence electrons. The summed E-state index contributed by atoms with van der Waals surface area (Å²) in [5.41, 5.74) is 5.74. The zero-order chi connectivity index (χ0) is 10.3. The first-order valence-corrected chi connectivity index (χ1v) is 5.10. The molecule has 0 bridgehead atoms. The smallest absolute Gasteiger partial charge is 0.0443 e. The van der Waals surface area contributed by atoms with Gasteiger partial charge in [-0.05, 0) is 32.2 Å². The van der Waals surface area contributed by atoms with E-state index in [9.17, 15) is 0 Å². The van der Waals surface area contributed by atoms with Crippen LogP contribution in [0.25, 0.3) is 0 Å². The van der Waals surface area contributed by atoms with Gasteiger partial charge in [0.05, 0.1) is 0 Å². The third-order valence-corrected chi connectivity index (χ3v) is 2.20. The van der Waals surface area contributed by atoms with E-state index in [0.717, 1.165) is 19.4 Å². The molecule has 0 rings (SSSR count). The van der Waals surface area contributed by atoms with E-state index in [4.69, 9.17) is 10.8 Å². The fraction of sp³-hybridized carbons (Fsp3) is 1.00. The average Bonchev–Trinajstić information content (AvgIpc) is 2.04. The van der Waals surface area contributed by atoms with Crippen molar-refractivity contribution in [1.29, 1.82) is 0 Å². The van der Waals surface area contributed by atoms with E-state index in [2.05, 4.69) is 26.1 Å². The highest BCUT2D eigenvalue weighted by molar-refractivity contribution is 4.84. The second-order valence-corrected chi connectivity index (χ2v) is 4.37. The molecule has 0 aliphatic heterocycles. The Hall–Kier alpha value is -0.120. The molecule has 0 saturated carbocycles. The van der Waals surface area contributed by atoms with Gasteiger partial charge in [-0.25, -0.2) is 0 Å². The van der Waals surface area contributed by atoms with Crippen molar-refractivity contribution < 1.29 is 5.11 Å². The number of nitrogens with one attached hydrogen (secondary N) is 1. The molecule has 1 unspecified atom stereocenters. The Morgan fingerprint density at radius 2 is 2.08 bits per heavy atom. The molecule has 0 aromatic heterocycles. The summed E-state index contributed by atoms with van der Waals surface area (Å²) in [7, 11) is 0. The van der Waals surface area contributed by atoms with Crippen molar-refractivity contribution >= 4 is 0 Å². The zero-order valence-corrected chi connectivity index (χ0v) is 9.14. The number of hydrogen-bond acceptors (Lipinski definition) is 3. The molecule has 3 nitrogen and oxygen atoms in total. The van der Waals surface area contributed by atoms with Crippen molar-refractivity contribution in [3.63, 3.8) is 0 Å². The van der Waals surface area contributed by atoms with Crippen LogP contribution in [0.2, 0.25) is 0 Å². The molecule has 0 fully saturated rings. The van der Waals surface area contributed by atoms with E-state index in [-0.39, 0.29) is 12.1 Å². The van der Waals surface area contributed by atoms with Crippen molar-refractivity contribution in [2.24, 2.45) is 11.7 Å². The molecule has 0 saturated heterocycles. The van der Waals surface area contributed by atoms with Crippen LogP contribution >= 0.6 is 0 Å². The van der Waals surface area contributed by atoms with Crippen LogP contribution in [0.5, 0.6) is 0 Å². The molecule has 4 N–H and O–H groups in total. The Labute approximate surface area is 81.7 Å². The lowest BCUT2D eigenvalue weighted by atomic mass is 9.91. The van der Waals surface area contributed by atoms with Gasteiger partial charge in [-0.2, -0.15) is 0 Å². The number of hydrogen-bond donors (Lipinski definition) is 3. The fourth-order valence-electron chi connectivity index (χ4n) is 1.60. The summed E-state index contributed by atoms with van der Waals surface area (Å²) in [6.45, 7) is 8.27. The van der Waals surface area contributed by atoms with E-state index < -0.39 is 0 Å². The first kappa shape index (κ1) is 12.9. The van der Waals surface area contributed by atoms with Gasteiger partial charge >= 0.3 is 0 Å². The maximum Gasteiger partial charge on any atom is 0.0443 e. The fourth-order valence-corrected chi connectivity index (χ4v) is 1.60. The van der Waals surface area contributed by atoms with Gasteiger partial charge in [-0.3, -0.25) is 0 Å². The number of aliphatic hydroxyl groups excluding tert-OH is 1. The predicted octanol–water partition coefficient (Wildman–Crippen LogP) is 0.722. The average molecular weight is 188 g/mol. The Balaban J connectivity index is 3.81. The molecule has 3 heteroatoms. The van der Waals surface area contributed by atoms with Gasteiger partial charge in [-0.1, -0.05) is 13.8 Å². The largest absolute Gasteiger partial charge is 0.396 e. The first-order chi connectivity index (χ1) is 6.04. The van der Waals surface area contributed by atoms with Crippen molar-refractivity contribution in [3.05, 3.63) is 0 Å². The first-order valence-electron chi connectivity index (χ1n) is 5.10. The minimum absolute atomic E-state index is 0.0311. The van der Waals surface area contributed by atoms with Crippen molar-refractivity contribution in [2.75, 3.05) is 19.7 Å². The third kappa shape index (κ3) is 6.02. The van der Waals surface area contributed by atoms with Crippen LogP contribution in [-0.2, 0) is 0 Å². The molecule has 0 radical (unpaired) electrons. The van der Waals surface area contributed by atoms with Crippen LogP contribution in [0.3, 0.4) is 0 Å². The van der Waals surface area contributed by atoms with E-state index in [0.29, 0.717) is 12.5 Å². The second-order valence-electron chi connectivity index (χ2n) is 4.37. The quantitative estimate of drug-likeness (QED) is 0.516. The van der Waals surface area contributed by atoms with E-state index in [1.165, 1.54) is 0 Å². The minimum Gasteiger partial charge on any atom is -0.396 e. The SMILES string of the molecule is CC(C)CC(C)(CN)NCCCO. The molecule has 0 aliphatic carbocycles. The molecule has 0 spiro atoms. The van der Waals surface area contributed by atoms with Crippen molar-refractivity contribution in [2.45, 2.75) is 39.2 Å². The van der Waals surface area contributed by atoms with Crippen LogP contribution in [-0.4, -0.2) is 30.3 Å². The standard InChI is InChI=1S/C10H24N2O/c1-9(2)7-10(3,8-11)12-5-4-6-13/h9,12-13H,4-8,11H2,1-3H3. The molecule has 0 aromatic carbocycles. The molecule has 13 heavy (non-hydrogen) atoms. The highest BCUT2D eigenvalue weighted by Gasteiger charge is 2.22. The van der Waals surface area contributed by atoms with Crippen LogP contribution in [0.1, 0.15) is 33.6 Å². The lowest BCUT2D eigenvalue weighted by Gasteiger charge is -2.31. The van der Waals surface area contributed by atoms with E-state index in [1.54, 1.807) is 0 Å². The van der Waals surface area contributed by atoms with Crippen LogP contribution in [0.15, 0.2) is 0 Å².